The zero-order valence-electron chi connectivity index (χ0n) is 7.28. The molecule has 0 unspecified atom stereocenters. The van der Waals surface area contributed by atoms with Crippen LogP contribution in [0.25, 0.3) is 11.1 Å². The second-order valence-electron chi connectivity index (χ2n) is 3.47. The number of fused-ring (bicyclic) bond motifs is 2. The van der Waals surface area contributed by atoms with Crippen molar-refractivity contribution in [2.24, 2.45) is 0 Å². The quantitative estimate of drug-likeness (QED) is 0.420. The minimum Gasteiger partial charge on any atom is -0.449 e. The lowest BCUT2D eigenvalue weighted by molar-refractivity contribution is 0.646. The largest absolute Gasteiger partial charge is 0.449 e. The third kappa shape index (κ3) is 0.708. The molecule has 0 N–H and O–H groups in total. The Labute approximate surface area is 80.7 Å². The van der Waals surface area contributed by atoms with Crippen molar-refractivity contribution in [2.75, 3.05) is 0 Å². The molecule has 0 spiro atoms. The van der Waals surface area contributed by atoms with Gasteiger partial charge < -0.3 is 9.47 Å². The molecule has 2 aromatic carbocycles. The summed E-state index contributed by atoms with van der Waals surface area (Å²) in [5.74, 6) is 3.97. The molecule has 4 rings (SSSR count). The third-order valence-corrected chi connectivity index (χ3v) is 2.59. The van der Waals surface area contributed by atoms with Crippen LogP contribution in [0.2, 0.25) is 0 Å². The van der Waals surface area contributed by atoms with Gasteiger partial charge in [-0.2, -0.15) is 0 Å². The van der Waals surface area contributed by atoms with Gasteiger partial charge >= 0.3 is 0 Å². The Kier molecular flexibility index (Phi) is 0.892. The van der Waals surface area contributed by atoms with E-state index in [0.29, 0.717) is 0 Å². The van der Waals surface area contributed by atoms with E-state index in [0.717, 1.165) is 34.1 Å². The summed E-state index contributed by atoms with van der Waals surface area (Å²) in [6.45, 7) is 0. The van der Waals surface area contributed by atoms with Gasteiger partial charge in [0, 0.05) is 11.1 Å². The van der Waals surface area contributed by atoms with Crippen molar-refractivity contribution in [3.05, 3.63) is 36.4 Å². The Morgan fingerprint density at radius 2 is 1.14 bits per heavy atom. The molecule has 0 amide bonds. The van der Waals surface area contributed by atoms with Crippen LogP contribution in [0.3, 0.4) is 0 Å². The first kappa shape index (κ1) is 6.49. The minimum absolute atomic E-state index is 0.987. The Hall–Kier alpha value is -1.96. The highest BCUT2D eigenvalue weighted by Gasteiger charge is 2.31. The number of hydrogen-bond donors (Lipinski definition) is 0. The van der Waals surface area contributed by atoms with Gasteiger partial charge in [0.2, 0.25) is 0 Å². The average molecular weight is 182 g/mol. The normalized spacial score (nSPS) is 13.4. The maximum absolute atomic E-state index is 5.35. The van der Waals surface area contributed by atoms with Crippen LogP contribution in [0, 0.1) is 0 Å². The molecule has 0 radical (unpaired) electrons. The topological polar surface area (TPSA) is 25.1 Å². The number of ether oxygens (including phenoxy) is 2. The summed E-state index contributed by atoms with van der Waals surface area (Å²) in [6, 6.07) is 12.1. The Bertz CT molecular complexity index is 507. The van der Waals surface area contributed by atoms with E-state index in [1.54, 1.807) is 0 Å². The molecule has 14 heavy (non-hydrogen) atoms. The average Bonchev–Trinajstić information content (AvgIpc) is 3.09. The van der Waals surface area contributed by atoms with E-state index in [-0.39, 0.29) is 0 Å². The van der Waals surface area contributed by atoms with Gasteiger partial charge in [-0.15, -0.1) is 0 Å². The van der Waals surface area contributed by atoms with E-state index in [9.17, 15) is 0 Å². The van der Waals surface area contributed by atoms with Gasteiger partial charge in [-0.3, -0.25) is 0 Å². The highest BCUT2D eigenvalue weighted by Crippen LogP contribution is 2.58. The minimum atomic E-state index is 0.987. The number of para-hydroxylation sites is 2. The summed E-state index contributed by atoms with van der Waals surface area (Å²) >= 11 is 0. The molecule has 0 bridgehead atoms. The molecule has 2 aliphatic rings. The molecule has 2 nitrogen and oxygen atoms in total. The molecular weight excluding hydrogens is 176 g/mol. The Morgan fingerprint density at radius 1 is 0.643 bits per heavy atom. The van der Waals surface area contributed by atoms with Crippen molar-refractivity contribution in [1.29, 1.82) is 0 Å². The van der Waals surface area contributed by atoms with Gasteiger partial charge in [-0.05, 0) is 12.1 Å². The van der Waals surface area contributed by atoms with Crippen LogP contribution < -0.4 is 9.47 Å². The number of benzene rings is 2. The summed E-state index contributed by atoms with van der Waals surface area (Å²) in [5, 5.41) is 0. The van der Waals surface area contributed by atoms with Crippen molar-refractivity contribution in [3.8, 4) is 34.1 Å². The predicted molar refractivity (Wildman–Crippen MR) is 52.0 cm³/mol. The highest BCUT2D eigenvalue weighted by atomic mass is 16.6. The van der Waals surface area contributed by atoms with Crippen molar-refractivity contribution in [3.63, 3.8) is 0 Å². The summed E-state index contributed by atoms with van der Waals surface area (Å²) in [7, 11) is 0. The first-order valence-corrected chi connectivity index (χ1v) is 4.55. The fourth-order valence-electron chi connectivity index (χ4n) is 1.80. The first-order chi connectivity index (χ1) is 6.93. The van der Waals surface area contributed by atoms with E-state index < -0.39 is 0 Å². The summed E-state index contributed by atoms with van der Waals surface area (Å²) in [4.78, 5) is 0. The molecule has 0 saturated heterocycles. The van der Waals surface area contributed by atoms with E-state index in [4.69, 9.17) is 9.47 Å². The molecular formula is C12H6O2. The number of hydrogen-bond acceptors (Lipinski definition) is 2. The standard InChI is InChI=1S/C12H6O2/c1-3-7(11-9(5-1)13-11)8-4-2-6-10-12(8)14-10/h1-6H. The maximum atomic E-state index is 5.35. The van der Waals surface area contributed by atoms with Crippen LogP contribution in [0.15, 0.2) is 36.4 Å². The molecule has 0 aromatic heterocycles. The van der Waals surface area contributed by atoms with Crippen LogP contribution in [0.1, 0.15) is 0 Å². The van der Waals surface area contributed by atoms with Crippen molar-refractivity contribution < 1.29 is 9.47 Å². The summed E-state index contributed by atoms with van der Waals surface area (Å²) in [5.41, 5.74) is 2.27. The molecule has 0 fully saturated rings. The van der Waals surface area contributed by atoms with Gasteiger partial charge in [0.15, 0.2) is 23.0 Å². The van der Waals surface area contributed by atoms with Crippen LogP contribution >= 0.6 is 0 Å². The van der Waals surface area contributed by atoms with Crippen molar-refractivity contribution >= 4 is 0 Å². The zero-order valence-corrected chi connectivity index (χ0v) is 7.28. The zero-order chi connectivity index (χ0) is 9.12. The molecule has 2 heteroatoms. The molecule has 2 aliphatic heterocycles. The SMILES string of the molecule is c1cc2c(c(-c3cccc4c3O4)c1)O2. The molecule has 2 heterocycles. The van der Waals surface area contributed by atoms with E-state index >= 15 is 0 Å². The first-order valence-electron chi connectivity index (χ1n) is 4.55. The smallest absolute Gasteiger partial charge is 0.178 e. The summed E-state index contributed by atoms with van der Waals surface area (Å²) in [6.07, 6.45) is 0. The molecule has 0 saturated carbocycles. The van der Waals surface area contributed by atoms with Gasteiger partial charge in [-0.1, -0.05) is 24.3 Å². The monoisotopic (exact) mass is 182 g/mol. The van der Waals surface area contributed by atoms with Gasteiger partial charge in [0.25, 0.3) is 0 Å². The lowest BCUT2D eigenvalue weighted by Crippen LogP contribution is -1.69. The lowest BCUT2D eigenvalue weighted by Gasteiger charge is -1.93. The second kappa shape index (κ2) is 1.93. The third-order valence-electron chi connectivity index (χ3n) is 2.59. The van der Waals surface area contributed by atoms with E-state index in [1.165, 1.54) is 0 Å². The van der Waals surface area contributed by atoms with Gasteiger partial charge in [0.1, 0.15) is 0 Å². The number of rotatable bonds is 1. The van der Waals surface area contributed by atoms with Crippen LogP contribution in [0.4, 0.5) is 0 Å². The fraction of sp³-hybridized carbons (Fsp3) is 0. The second-order valence-corrected chi connectivity index (χ2v) is 3.47. The lowest BCUT2D eigenvalue weighted by atomic mass is 10.1. The van der Waals surface area contributed by atoms with Gasteiger partial charge in [0.05, 0.1) is 0 Å². The van der Waals surface area contributed by atoms with Crippen LogP contribution in [-0.4, -0.2) is 0 Å². The molecule has 0 atom stereocenters. The van der Waals surface area contributed by atoms with E-state index in [1.807, 2.05) is 24.3 Å². The maximum Gasteiger partial charge on any atom is 0.178 e. The fourth-order valence-corrected chi connectivity index (χ4v) is 1.80. The molecule has 2 aromatic rings. The van der Waals surface area contributed by atoms with Crippen LogP contribution in [-0.2, 0) is 0 Å². The Balaban J connectivity index is 2.00. The van der Waals surface area contributed by atoms with Crippen LogP contribution in [0.5, 0.6) is 23.0 Å². The van der Waals surface area contributed by atoms with E-state index in [2.05, 4.69) is 12.1 Å². The molecule has 0 aliphatic carbocycles. The van der Waals surface area contributed by atoms with Crippen molar-refractivity contribution in [2.45, 2.75) is 0 Å². The molecule has 66 valence electrons. The Morgan fingerprint density at radius 3 is 1.64 bits per heavy atom. The van der Waals surface area contributed by atoms with Gasteiger partial charge in [-0.25, -0.2) is 0 Å². The predicted octanol–water partition coefficient (Wildman–Crippen LogP) is 3.57. The summed E-state index contributed by atoms with van der Waals surface area (Å²) < 4.78 is 10.7. The van der Waals surface area contributed by atoms with Crippen molar-refractivity contribution in [1.82, 2.24) is 0 Å². The highest BCUT2D eigenvalue weighted by molar-refractivity contribution is 5.87.